The highest BCUT2D eigenvalue weighted by Gasteiger charge is 2.59. The van der Waals surface area contributed by atoms with E-state index in [-0.39, 0.29) is 23.8 Å². The lowest BCUT2D eigenvalue weighted by Gasteiger charge is -2.61. The number of benzene rings is 2. The summed E-state index contributed by atoms with van der Waals surface area (Å²) < 4.78 is 19.0. The number of carbonyl (C=O) groups excluding carboxylic acids is 2. The van der Waals surface area contributed by atoms with E-state index in [2.05, 4.69) is 10.6 Å². The van der Waals surface area contributed by atoms with Gasteiger partial charge in [0.25, 0.3) is 5.91 Å². The fraction of sp³-hybridized carbons (Fsp3) is 0.469. The average molecular weight is 591 g/mol. The molecule has 11 heteroatoms. The molecule has 4 bridgehead atoms. The maximum absolute atomic E-state index is 14.2. The van der Waals surface area contributed by atoms with Gasteiger partial charge < -0.3 is 34.9 Å². The van der Waals surface area contributed by atoms with Crippen LogP contribution in [0, 0.1) is 11.8 Å². The van der Waals surface area contributed by atoms with E-state index in [0.717, 1.165) is 49.5 Å². The third kappa shape index (κ3) is 6.11. The number of carbonyl (C=O) groups is 3. The van der Waals surface area contributed by atoms with Crippen molar-refractivity contribution in [2.45, 2.75) is 56.2 Å². The number of aromatic nitrogens is 1. The summed E-state index contributed by atoms with van der Waals surface area (Å²) in [7, 11) is 1.64. The molecule has 43 heavy (non-hydrogen) atoms. The first kappa shape index (κ1) is 29.2. The smallest absolute Gasteiger partial charge is 0.409 e. The minimum atomic E-state index is -1.17. The van der Waals surface area contributed by atoms with Gasteiger partial charge in [0.15, 0.2) is 0 Å². The van der Waals surface area contributed by atoms with Gasteiger partial charge in [-0.3, -0.25) is 14.9 Å². The van der Waals surface area contributed by atoms with Crippen molar-refractivity contribution >= 4 is 34.5 Å². The first-order valence-electron chi connectivity index (χ1n) is 14.7. The molecule has 1 heterocycles. The number of nitrogens with one attached hydrogen (secondary N) is 2. The molecule has 4 fully saturated rings. The molecule has 0 aliphatic heterocycles. The highest BCUT2D eigenvalue weighted by molar-refractivity contribution is 6.00. The number of carboxylic acid groups (broad SMARTS) is 1. The number of anilines is 1. The van der Waals surface area contributed by atoms with E-state index < -0.39 is 12.0 Å². The summed E-state index contributed by atoms with van der Waals surface area (Å²) in [6.45, 7) is 1.54. The van der Waals surface area contributed by atoms with E-state index in [9.17, 15) is 19.5 Å². The molecule has 3 amide bonds. The molecule has 0 saturated heterocycles. The van der Waals surface area contributed by atoms with E-state index in [1.807, 2.05) is 22.8 Å². The minimum Gasteiger partial charge on any atom is -0.465 e. The number of nitrogens with zero attached hydrogens (tertiary/aromatic N) is 1. The number of ether oxygens (including phenoxy) is 3. The van der Waals surface area contributed by atoms with Crippen LogP contribution in [0.3, 0.4) is 0 Å². The Morgan fingerprint density at radius 1 is 1.02 bits per heavy atom. The van der Waals surface area contributed by atoms with Crippen LogP contribution in [0.15, 0.2) is 48.5 Å². The normalized spacial score (nSPS) is 25.6. The van der Waals surface area contributed by atoms with Gasteiger partial charge in [-0.15, -0.1) is 0 Å². The lowest BCUT2D eigenvalue weighted by atomic mass is 9.51. The number of nitrogens with two attached hydrogens (primary N) is 1. The Morgan fingerprint density at radius 3 is 2.44 bits per heavy atom. The predicted molar refractivity (Wildman–Crippen MR) is 159 cm³/mol. The Kier molecular flexibility index (Phi) is 7.89. The quantitative estimate of drug-likeness (QED) is 0.181. The third-order valence-electron chi connectivity index (χ3n) is 9.23. The lowest BCUT2D eigenvalue weighted by Crippen LogP contribution is -2.66. The van der Waals surface area contributed by atoms with Crippen LogP contribution < -0.4 is 16.4 Å². The number of methoxy groups -OCH3 is 1. The van der Waals surface area contributed by atoms with Crippen molar-refractivity contribution in [3.8, 4) is 0 Å². The SMILES string of the molecule is COCCOCOC12CC3CC(CC(NC(=O)c4cc5ccc(NC(=O)O)cc5n4Cc4ccc(C(N)=O)cc4)(C3)C1)C2. The van der Waals surface area contributed by atoms with Gasteiger partial charge in [0.2, 0.25) is 5.91 Å². The van der Waals surface area contributed by atoms with Gasteiger partial charge in [0.1, 0.15) is 12.5 Å². The molecular weight excluding hydrogens is 552 g/mol. The van der Waals surface area contributed by atoms with E-state index in [1.165, 1.54) is 0 Å². The van der Waals surface area contributed by atoms with Gasteiger partial charge >= 0.3 is 6.09 Å². The molecule has 5 N–H and O–H groups in total. The average Bonchev–Trinajstić information content (AvgIpc) is 3.29. The molecule has 2 atom stereocenters. The number of rotatable bonds is 12. The molecule has 0 radical (unpaired) electrons. The molecule has 4 aliphatic carbocycles. The van der Waals surface area contributed by atoms with Gasteiger partial charge in [-0.25, -0.2) is 4.79 Å². The van der Waals surface area contributed by atoms with E-state index in [4.69, 9.17) is 19.9 Å². The molecule has 228 valence electrons. The van der Waals surface area contributed by atoms with Crippen LogP contribution in [0.25, 0.3) is 10.9 Å². The van der Waals surface area contributed by atoms with Gasteiger partial charge in [-0.2, -0.15) is 0 Å². The Morgan fingerprint density at radius 2 is 1.77 bits per heavy atom. The predicted octanol–water partition coefficient (Wildman–Crippen LogP) is 4.34. The molecule has 4 saturated carbocycles. The van der Waals surface area contributed by atoms with Gasteiger partial charge in [-0.05, 0) is 86.3 Å². The van der Waals surface area contributed by atoms with E-state index in [0.29, 0.717) is 54.1 Å². The van der Waals surface area contributed by atoms with Crippen LogP contribution in [0.5, 0.6) is 0 Å². The molecule has 3 aromatic rings. The van der Waals surface area contributed by atoms with Crippen molar-refractivity contribution in [3.63, 3.8) is 0 Å². The molecule has 11 nitrogen and oxygen atoms in total. The minimum absolute atomic E-state index is 0.175. The highest BCUT2D eigenvalue weighted by atomic mass is 16.7. The van der Waals surface area contributed by atoms with Crippen molar-refractivity contribution < 1.29 is 33.7 Å². The van der Waals surface area contributed by atoms with Crippen molar-refractivity contribution in [3.05, 3.63) is 65.4 Å². The zero-order chi connectivity index (χ0) is 30.2. The zero-order valence-corrected chi connectivity index (χ0v) is 24.3. The van der Waals surface area contributed by atoms with Crippen LogP contribution in [0.4, 0.5) is 10.5 Å². The highest BCUT2D eigenvalue weighted by Crippen LogP contribution is 2.59. The summed E-state index contributed by atoms with van der Waals surface area (Å²) in [5, 5.41) is 15.9. The summed E-state index contributed by atoms with van der Waals surface area (Å²) >= 11 is 0. The van der Waals surface area contributed by atoms with Crippen molar-refractivity contribution in [1.29, 1.82) is 0 Å². The summed E-state index contributed by atoms with van der Waals surface area (Å²) in [6.07, 6.45) is 4.55. The standard InChI is InChI=1S/C32H38N4O7/c1-41-8-9-42-19-43-32-15-21-10-22(16-32)14-31(13-21,18-32)35-29(38)27-11-24-6-7-25(34-30(39)40)12-26(24)36(27)17-20-2-4-23(5-3-20)28(33)37/h2-7,11-12,21-22,34H,8-10,13-19H2,1H3,(H2,33,37)(H,35,38)(H,39,40). The monoisotopic (exact) mass is 590 g/mol. The number of hydrogen-bond acceptors (Lipinski definition) is 6. The Labute approximate surface area is 249 Å². The Balaban J connectivity index is 1.28. The van der Waals surface area contributed by atoms with Crippen LogP contribution in [0.1, 0.15) is 64.9 Å². The van der Waals surface area contributed by atoms with Crippen LogP contribution in [-0.2, 0) is 20.8 Å². The first-order chi connectivity index (χ1) is 20.7. The molecule has 2 unspecified atom stereocenters. The van der Waals surface area contributed by atoms with Gasteiger partial charge in [0, 0.05) is 35.8 Å². The number of hydrogen-bond donors (Lipinski definition) is 4. The fourth-order valence-corrected chi connectivity index (χ4v) is 7.94. The second-order valence-electron chi connectivity index (χ2n) is 12.4. The van der Waals surface area contributed by atoms with Gasteiger partial charge in [0.05, 0.1) is 24.3 Å². The summed E-state index contributed by atoms with van der Waals surface area (Å²) in [5.74, 6) is 0.284. The summed E-state index contributed by atoms with van der Waals surface area (Å²) in [5.41, 5.74) is 7.61. The second kappa shape index (κ2) is 11.6. The lowest BCUT2D eigenvalue weighted by molar-refractivity contribution is -0.217. The van der Waals surface area contributed by atoms with Crippen molar-refractivity contribution in [2.24, 2.45) is 17.6 Å². The largest absolute Gasteiger partial charge is 0.465 e. The van der Waals surface area contributed by atoms with E-state index >= 15 is 0 Å². The van der Waals surface area contributed by atoms with Crippen LogP contribution in [-0.4, -0.2) is 65.8 Å². The maximum atomic E-state index is 14.2. The van der Waals surface area contributed by atoms with Crippen molar-refractivity contribution in [1.82, 2.24) is 9.88 Å². The fourth-order valence-electron chi connectivity index (χ4n) is 7.94. The number of primary amides is 1. The summed E-state index contributed by atoms with van der Waals surface area (Å²) in [4.78, 5) is 37.1. The van der Waals surface area contributed by atoms with E-state index in [1.54, 1.807) is 37.4 Å². The number of amides is 3. The Hall–Kier alpha value is -3.93. The molecule has 4 aliphatic rings. The van der Waals surface area contributed by atoms with Crippen LogP contribution in [0.2, 0.25) is 0 Å². The number of fused-ring (bicyclic) bond motifs is 1. The molecular formula is C32H38N4O7. The van der Waals surface area contributed by atoms with Gasteiger partial charge in [-0.1, -0.05) is 18.2 Å². The van der Waals surface area contributed by atoms with Crippen molar-refractivity contribution in [2.75, 3.05) is 32.4 Å². The Bertz CT molecular complexity index is 1520. The molecule has 1 aromatic heterocycles. The zero-order valence-electron chi connectivity index (χ0n) is 24.3. The molecule has 7 rings (SSSR count). The topological polar surface area (TPSA) is 154 Å². The van der Waals surface area contributed by atoms with Crippen LogP contribution >= 0.6 is 0 Å². The second-order valence-corrected chi connectivity index (χ2v) is 12.4. The third-order valence-corrected chi connectivity index (χ3v) is 9.23. The molecule has 2 aromatic carbocycles. The first-order valence-corrected chi connectivity index (χ1v) is 14.7. The summed E-state index contributed by atoms with van der Waals surface area (Å²) in [6, 6.07) is 14.0. The molecule has 0 spiro atoms. The maximum Gasteiger partial charge on any atom is 0.409 e.